The van der Waals surface area contributed by atoms with E-state index in [-0.39, 0.29) is 0 Å². The Morgan fingerprint density at radius 3 is 3.00 bits per heavy atom. The summed E-state index contributed by atoms with van der Waals surface area (Å²) >= 11 is 5.97. The van der Waals surface area contributed by atoms with Crippen LogP contribution in [0.4, 0.5) is 0 Å². The molecule has 0 amide bonds. The zero-order chi connectivity index (χ0) is 8.55. The van der Waals surface area contributed by atoms with E-state index >= 15 is 0 Å². The summed E-state index contributed by atoms with van der Waals surface area (Å²) in [5.74, 6) is 0.899. The predicted octanol–water partition coefficient (Wildman–Crippen LogP) is 1.95. The highest BCUT2D eigenvalue weighted by Crippen LogP contribution is 2.13. The molecule has 62 valence electrons. The van der Waals surface area contributed by atoms with Crippen molar-refractivity contribution in [1.29, 1.82) is 0 Å². The van der Waals surface area contributed by atoms with Crippen molar-refractivity contribution in [1.82, 2.24) is 14.6 Å². The molecular weight excluding hydrogens is 174 g/mol. The van der Waals surface area contributed by atoms with Gasteiger partial charge in [-0.05, 0) is 12.1 Å². The lowest BCUT2D eigenvalue weighted by Gasteiger charge is -1.97. The van der Waals surface area contributed by atoms with Crippen molar-refractivity contribution in [2.75, 3.05) is 0 Å². The van der Waals surface area contributed by atoms with Crippen LogP contribution in [0.3, 0.4) is 0 Å². The molecular formula is C8H8ClN3. The number of halogens is 1. The van der Waals surface area contributed by atoms with E-state index in [9.17, 15) is 0 Å². The fraction of sp³-hybridized carbons (Fsp3) is 0.250. The monoisotopic (exact) mass is 181 g/mol. The first-order chi connectivity index (χ1) is 5.83. The Morgan fingerprint density at radius 2 is 2.25 bits per heavy atom. The van der Waals surface area contributed by atoms with Crippen molar-refractivity contribution in [3.63, 3.8) is 0 Å². The molecule has 0 bridgehead atoms. The van der Waals surface area contributed by atoms with Crippen LogP contribution in [0.1, 0.15) is 12.7 Å². The Morgan fingerprint density at radius 1 is 1.42 bits per heavy atom. The smallest absolute Gasteiger partial charge is 0.161 e. The van der Waals surface area contributed by atoms with E-state index in [1.54, 1.807) is 0 Å². The lowest BCUT2D eigenvalue weighted by Crippen LogP contribution is -1.92. The molecule has 0 unspecified atom stereocenters. The van der Waals surface area contributed by atoms with Crippen molar-refractivity contribution in [3.05, 3.63) is 29.2 Å². The molecule has 0 aliphatic carbocycles. The number of hydrogen-bond donors (Lipinski definition) is 0. The third kappa shape index (κ3) is 0.975. The second-order valence-corrected chi connectivity index (χ2v) is 2.90. The molecule has 2 aromatic rings. The van der Waals surface area contributed by atoms with Crippen molar-refractivity contribution in [3.8, 4) is 0 Å². The normalized spacial score (nSPS) is 10.8. The summed E-state index contributed by atoms with van der Waals surface area (Å²) in [6, 6.07) is 5.58. The molecule has 0 saturated carbocycles. The van der Waals surface area contributed by atoms with Crippen molar-refractivity contribution in [2.45, 2.75) is 13.3 Å². The molecule has 2 rings (SSSR count). The molecule has 0 spiro atoms. The fourth-order valence-electron chi connectivity index (χ4n) is 1.19. The van der Waals surface area contributed by atoms with Gasteiger partial charge in [-0.3, -0.25) is 4.40 Å². The zero-order valence-electron chi connectivity index (χ0n) is 6.66. The van der Waals surface area contributed by atoms with Crippen molar-refractivity contribution in [2.24, 2.45) is 0 Å². The Hall–Kier alpha value is -1.09. The minimum absolute atomic E-state index is 0.661. The summed E-state index contributed by atoms with van der Waals surface area (Å²) in [7, 11) is 0. The van der Waals surface area contributed by atoms with Crippen LogP contribution >= 0.6 is 11.6 Å². The molecule has 3 nitrogen and oxygen atoms in total. The van der Waals surface area contributed by atoms with Gasteiger partial charge in [-0.15, -0.1) is 10.2 Å². The van der Waals surface area contributed by atoms with Gasteiger partial charge in [0.1, 0.15) is 11.0 Å². The SMILES string of the molecule is CCc1nnc2cccc(Cl)n12. The van der Waals surface area contributed by atoms with E-state index < -0.39 is 0 Å². The van der Waals surface area contributed by atoms with Crippen LogP contribution in [0.25, 0.3) is 5.65 Å². The summed E-state index contributed by atoms with van der Waals surface area (Å²) in [4.78, 5) is 0. The highest BCUT2D eigenvalue weighted by atomic mass is 35.5. The lowest BCUT2D eigenvalue weighted by atomic mass is 10.4. The fourth-order valence-corrected chi connectivity index (χ4v) is 1.45. The Bertz CT molecular complexity index is 408. The molecule has 0 aliphatic rings. The minimum Gasteiger partial charge on any atom is -0.269 e. The molecule has 0 saturated heterocycles. The Labute approximate surface area is 75.0 Å². The molecule has 4 heteroatoms. The number of nitrogens with zero attached hydrogens (tertiary/aromatic N) is 3. The van der Waals surface area contributed by atoms with Gasteiger partial charge in [0.2, 0.25) is 0 Å². The maximum Gasteiger partial charge on any atom is 0.161 e. The maximum atomic E-state index is 5.97. The van der Waals surface area contributed by atoms with E-state index in [0.717, 1.165) is 17.9 Å². The number of pyridine rings is 1. The molecule has 0 aromatic carbocycles. The highest BCUT2D eigenvalue weighted by molar-refractivity contribution is 6.29. The number of fused-ring (bicyclic) bond motifs is 1. The number of hydrogen-bond acceptors (Lipinski definition) is 2. The molecule has 2 heterocycles. The van der Waals surface area contributed by atoms with Gasteiger partial charge < -0.3 is 0 Å². The Kier molecular flexibility index (Phi) is 1.73. The topological polar surface area (TPSA) is 30.2 Å². The summed E-state index contributed by atoms with van der Waals surface area (Å²) < 4.78 is 1.85. The van der Waals surface area contributed by atoms with Crippen molar-refractivity contribution >= 4 is 17.2 Å². The second kappa shape index (κ2) is 2.75. The van der Waals surface area contributed by atoms with Crippen LogP contribution < -0.4 is 0 Å². The van der Waals surface area contributed by atoms with Gasteiger partial charge in [0.25, 0.3) is 0 Å². The van der Waals surface area contributed by atoms with E-state index in [1.807, 2.05) is 29.5 Å². The average Bonchev–Trinajstić information content (AvgIpc) is 2.49. The van der Waals surface area contributed by atoms with Crippen molar-refractivity contribution < 1.29 is 0 Å². The summed E-state index contributed by atoms with van der Waals surface area (Å²) in [6.45, 7) is 2.03. The standard InChI is InChI=1S/C8H8ClN3/c1-2-7-10-11-8-5-3-4-6(9)12(7)8/h3-5H,2H2,1H3. The minimum atomic E-state index is 0.661. The van der Waals surface area contributed by atoms with Gasteiger partial charge in [-0.2, -0.15) is 0 Å². The van der Waals surface area contributed by atoms with E-state index in [2.05, 4.69) is 10.2 Å². The van der Waals surface area contributed by atoms with Gasteiger partial charge in [0, 0.05) is 6.42 Å². The van der Waals surface area contributed by atoms with Crippen LogP contribution in [0.5, 0.6) is 0 Å². The second-order valence-electron chi connectivity index (χ2n) is 2.51. The third-order valence-corrected chi connectivity index (χ3v) is 2.06. The molecule has 0 aliphatic heterocycles. The number of aromatic nitrogens is 3. The van der Waals surface area contributed by atoms with Gasteiger partial charge in [-0.25, -0.2) is 0 Å². The van der Waals surface area contributed by atoms with Crippen LogP contribution in [-0.2, 0) is 6.42 Å². The van der Waals surface area contributed by atoms with Gasteiger partial charge >= 0.3 is 0 Å². The van der Waals surface area contributed by atoms with E-state index in [0.29, 0.717) is 5.15 Å². The zero-order valence-corrected chi connectivity index (χ0v) is 7.41. The van der Waals surface area contributed by atoms with Gasteiger partial charge in [0.05, 0.1) is 0 Å². The summed E-state index contributed by atoms with van der Waals surface area (Å²) in [6.07, 6.45) is 0.838. The first-order valence-electron chi connectivity index (χ1n) is 3.81. The van der Waals surface area contributed by atoms with E-state index in [4.69, 9.17) is 11.6 Å². The summed E-state index contributed by atoms with van der Waals surface area (Å²) in [5, 5.41) is 8.64. The van der Waals surface area contributed by atoms with E-state index in [1.165, 1.54) is 0 Å². The first-order valence-corrected chi connectivity index (χ1v) is 4.19. The van der Waals surface area contributed by atoms with Gasteiger partial charge in [-0.1, -0.05) is 24.6 Å². The Balaban J connectivity index is 2.83. The number of aryl methyl sites for hydroxylation is 1. The third-order valence-electron chi connectivity index (χ3n) is 1.76. The first kappa shape index (κ1) is 7.55. The van der Waals surface area contributed by atoms with Gasteiger partial charge in [0.15, 0.2) is 5.65 Å². The number of rotatable bonds is 1. The summed E-state index contributed by atoms with van der Waals surface area (Å²) in [5.41, 5.74) is 0.805. The predicted molar refractivity (Wildman–Crippen MR) is 47.4 cm³/mol. The van der Waals surface area contributed by atoms with Crippen LogP contribution in [0.2, 0.25) is 5.15 Å². The molecule has 2 aromatic heterocycles. The maximum absolute atomic E-state index is 5.97. The molecule has 0 atom stereocenters. The van der Waals surface area contributed by atoms with Crippen LogP contribution in [-0.4, -0.2) is 14.6 Å². The molecule has 0 fully saturated rings. The average molecular weight is 182 g/mol. The quantitative estimate of drug-likeness (QED) is 0.630. The van der Waals surface area contributed by atoms with Crippen LogP contribution in [0.15, 0.2) is 18.2 Å². The van der Waals surface area contributed by atoms with Crippen LogP contribution in [0, 0.1) is 0 Å². The largest absolute Gasteiger partial charge is 0.269 e. The molecule has 0 N–H and O–H groups in total. The molecule has 0 radical (unpaired) electrons. The highest BCUT2D eigenvalue weighted by Gasteiger charge is 2.04. The lowest BCUT2D eigenvalue weighted by molar-refractivity contribution is 0.910. The molecule has 12 heavy (non-hydrogen) atoms.